The fraction of sp³-hybridized carbons (Fsp3) is 0.196. The van der Waals surface area contributed by atoms with Gasteiger partial charge in [-0.05, 0) is 214 Å². The summed E-state index contributed by atoms with van der Waals surface area (Å²) in [5.41, 5.74) is -3.39. The van der Waals surface area contributed by atoms with Crippen molar-refractivity contribution in [3.05, 3.63) is 337 Å². The zero-order valence-corrected chi connectivity index (χ0v) is 79.8. The molecule has 7 heterocycles. The lowest BCUT2D eigenvalue weighted by Crippen LogP contribution is -2.31. The summed E-state index contributed by atoms with van der Waals surface area (Å²) in [6, 6.07) is 41.8. The van der Waals surface area contributed by atoms with E-state index < -0.39 is 157 Å². The average molecular weight is 2110 g/mol. The first-order valence-corrected chi connectivity index (χ1v) is 45.3. The number of rotatable bonds is 6. The molecule has 2 aliphatic carbocycles. The highest BCUT2D eigenvalue weighted by molar-refractivity contribution is 6.11. The van der Waals surface area contributed by atoms with Crippen LogP contribution in [0.2, 0.25) is 0 Å². The SMILES string of the molecule is CC1CCC(C2Cc3ccc(F)c(F)c3C2(F)F)CC1.COc1ccc2c(oc3c(F)c(C(F)(F)F)ccc32)c1F.COc1ccc2c(oc3c(F)c(C)ccc32)c1F.COc1ccc2c(oc3c(F)c(F)ccc32)c1F.COc1ccc2c(oc3c(F)c(OC)ccc32)c1F.Cc1ccc2c(oc3c(F)c(C(F)(F)F)ccc32)c1F.Cc1ccc2c(oc3c(F)c(C)ccc32)c1F.Cc1ccc2c(oc3c(F)c(F)ccc32)c1F. The Balaban J connectivity index is 0.000000117. The van der Waals surface area contributed by atoms with Crippen molar-refractivity contribution in [2.24, 2.45) is 17.8 Å². The number of furan rings is 7. The summed E-state index contributed by atoms with van der Waals surface area (Å²) < 4.78 is 412. The third-order valence-electron chi connectivity index (χ3n) is 26.3. The maximum absolute atomic E-state index is 14.5. The van der Waals surface area contributed by atoms with E-state index in [1.54, 1.807) is 100 Å². The van der Waals surface area contributed by atoms with Crippen molar-refractivity contribution in [2.45, 2.75) is 91.9 Å². The Hall–Kier alpha value is -15.9. The highest BCUT2D eigenvalue weighted by Crippen LogP contribution is 2.55. The Morgan fingerprint density at radius 3 is 0.660 bits per heavy atom. The van der Waals surface area contributed by atoms with Gasteiger partial charge in [0.05, 0.1) is 52.2 Å². The molecule has 1 atom stereocenters. The molecule has 2 aliphatic rings. The standard InChI is InChI=1S/C16H18F4.C14H7F5O2.C14H7F5O.C14H10F2O3.C14H10F2O2.C14H10F2O.C13H7F3O2.C13H7F3O/c1-9-2-4-10(5-3-9)12-8-11-6-7-13(17)15(18)14(11)16(12,19)20;1-20-9-5-3-7-6-2-4-8(14(17,18)19)10(15)12(6)21-13(7)11(9)16;1-6-2-3-7-8-4-5-9(14(17,18)19)11(16)13(8)20-12(7)10(6)15;1-17-9-5-3-7-8-4-6-10(18-2)12(16)14(8)19-13(7)11(9)15;1-7-3-4-8-9-5-6-10(17-2)12(16)14(9)18-13(8)11(7)15;1-7-3-5-9-10-6-4-8(2)12(16)14(10)17-13(9)11(7)15;1-17-9-5-3-7-6-2-4-8(14)10(15)12(6)18-13(7)11(9)16;1-6-2-3-7-8-4-5-9(14)11(16)13(8)17-12(7)10(6)15/h6-7,9-10,12H,2-5,8H2,1H3;2-5H,1H3;2-5H,1H3;3-6H,1-2H3;3-6H,1-2H3;3-6H,1-2H3;2-5H,1H3;2-5H,1H3. The topological polar surface area (TPSA) is 138 Å². The van der Waals surface area contributed by atoms with Crippen molar-refractivity contribution >= 4 is 154 Å². The predicted octanol–water partition coefficient (Wildman–Crippen LogP) is 36.0. The Labute approximate surface area is 829 Å². The Morgan fingerprint density at radius 1 is 0.233 bits per heavy atom. The van der Waals surface area contributed by atoms with Gasteiger partial charge in [0.25, 0.3) is 5.92 Å². The largest absolute Gasteiger partial charge is 0.494 e. The maximum Gasteiger partial charge on any atom is 0.419 e. The van der Waals surface area contributed by atoms with Crippen LogP contribution in [0.1, 0.15) is 82.7 Å². The van der Waals surface area contributed by atoms with Crippen LogP contribution in [0.3, 0.4) is 0 Å². The fourth-order valence-corrected chi connectivity index (χ4v) is 18.3. The summed E-state index contributed by atoms with van der Waals surface area (Å²) >= 11 is 0. The molecule has 7 aromatic heterocycles. The minimum Gasteiger partial charge on any atom is -0.494 e. The molecule has 12 nitrogen and oxygen atoms in total. The molecule has 24 rings (SSSR count). The number of hydrogen-bond acceptors (Lipinski definition) is 12. The van der Waals surface area contributed by atoms with E-state index in [0.29, 0.717) is 94.2 Å². The van der Waals surface area contributed by atoms with E-state index in [0.717, 1.165) is 56.0 Å². The Morgan fingerprint density at radius 2 is 0.427 bits per heavy atom. The molecule has 0 amide bonds. The van der Waals surface area contributed by atoms with Gasteiger partial charge in [0.2, 0.25) is 40.7 Å². The number of aryl methyl sites for hydroxylation is 5. The van der Waals surface area contributed by atoms with Crippen LogP contribution < -0.4 is 23.7 Å². The smallest absolute Gasteiger partial charge is 0.419 e. The number of hydrogen-bond donors (Lipinski definition) is 0. The quantitative estimate of drug-likeness (QED) is 0.146. The summed E-state index contributed by atoms with van der Waals surface area (Å²) in [6.07, 6.45) is -6.09. The molecule has 150 heavy (non-hydrogen) atoms. The van der Waals surface area contributed by atoms with Crippen molar-refractivity contribution in [1.29, 1.82) is 0 Å². The van der Waals surface area contributed by atoms with E-state index >= 15 is 0 Å². The third kappa shape index (κ3) is 18.8. The molecule has 0 N–H and O–H groups in total. The molecule has 778 valence electrons. The summed E-state index contributed by atoms with van der Waals surface area (Å²) in [7, 11) is 6.63. The summed E-state index contributed by atoms with van der Waals surface area (Å²) in [4.78, 5) is 0. The predicted molar refractivity (Wildman–Crippen MR) is 510 cm³/mol. The van der Waals surface area contributed by atoms with Gasteiger partial charge >= 0.3 is 12.4 Å². The lowest BCUT2D eigenvalue weighted by atomic mass is 9.74. The molecular weight excluding hydrogens is 2030 g/mol. The van der Waals surface area contributed by atoms with Crippen LogP contribution in [0.5, 0.6) is 28.7 Å². The lowest BCUT2D eigenvalue weighted by molar-refractivity contribution is -0.140. The molecule has 38 heteroatoms. The maximum atomic E-state index is 14.5. The number of methoxy groups -OCH3 is 5. The van der Waals surface area contributed by atoms with Crippen molar-refractivity contribution in [2.75, 3.05) is 35.5 Å². The molecule has 0 spiro atoms. The van der Waals surface area contributed by atoms with Crippen LogP contribution in [-0.4, -0.2) is 35.5 Å². The Bertz CT molecular complexity index is 8640. The van der Waals surface area contributed by atoms with Crippen LogP contribution in [0, 0.1) is 157 Å². The zero-order chi connectivity index (χ0) is 108. The van der Waals surface area contributed by atoms with Crippen LogP contribution in [0.25, 0.3) is 154 Å². The molecule has 22 aromatic rings. The normalized spacial score (nSPS) is 14.4. The van der Waals surface area contributed by atoms with Gasteiger partial charge in [0.15, 0.2) is 171 Å². The van der Waals surface area contributed by atoms with E-state index in [1.807, 2.05) is 0 Å². The Kier molecular flexibility index (Phi) is 28.8. The summed E-state index contributed by atoms with van der Waals surface area (Å²) in [5.74, 6) is -19.5. The van der Waals surface area contributed by atoms with Gasteiger partial charge in [0.1, 0.15) is 0 Å². The fourth-order valence-electron chi connectivity index (χ4n) is 18.3. The minimum absolute atomic E-state index is 0.0116. The van der Waals surface area contributed by atoms with E-state index in [-0.39, 0.29) is 141 Å². The van der Waals surface area contributed by atoms with Crippen LogP contribution >= 0.6 is 0 Å². The van der Waals surface area contributed by atoms with Gasteiger partial charge < -0.3 is 54.6 Å². The number of halogens is 26. The highest BCUT2D eigenvalue weighted by atomic mass is 19.4. The molecule has 0 radical (unpaired) electrons. The van der Waals surface area contributed by atoms with Gasteiger partial charge in [-0.3, -0.25) is 0 Å². The monoisotopic (exact) mass is 2110 g/mol. The summed E-state index contributed by atoms with van der Waals surface area (Å²) in [6.45, 7) is 10.2. The molecule has 1 unspecified atom stereocenters. The molecule has 0 aliphatic heterocycles. The molecule has 0 saturated heterocycles. The van der Waals surface area contributed by atoms with Crippen LogP contribution in [0.15, 0.2) is 213 Å². The first-order valence-electron chi connectivity index (χ1n) is 45.3. The van der Waals surface area contributed by atoms with E-state index in [1.165, 1.54) is 109 Å². The van der Waals surface area contributed by atoms with Gasteiger partial charge in [0, 0.05) is 81.3 Å². The van der Waals surface area contributed by atoms with E-state index in [9.17, 15) is 114 Å². The number of fused-ring (bicyclic) bond motifs is 22. The third-order valence-corrected chi connectivity index (χ3v) is 26.3. The van der Waals surface area contributed by atoms with Crippen molar-refractivity contribution in [1.82, 2.24) is 0 Å². The summed E-state index contributed by atoms with van der Waals surface area (Å²) in [5, 5.41) is 5.45. The number of benzene rings is 15. The van der Waals surface area contributed by atoms with Crippen LogP contribution in [-0.2, 0) is 24.7 Å². The van der Waals surface area contributed by atoms with Crippen LogP contribution in [0.4, 0.5) is 114 Å². The van der Waals surface area contributed by atoms with E-state index in [2.05, 4.69) is 6.92 Å². The highest BCUT2D eigenvalue weighted by Gasteiger charge is 2.54. The van der Waals surface area contributed by atoms with Gasteiger partial charge in [-0.1, -0.05) is 86.5 Å². The number of alkyl halides is 8. The van der Waals surface area contributed by atoms with Gasteiger partial charge in [-0.2, -0.15) is 57.1 Å². The second-order valence-electron chi connectivity index (χ2n) is 35.3. The zero-order valence-electron chi connectivity index (χ0n) is 79.8. The van der Waals surface area contributed by atoms with Gasteiger partial charge in [-0.25, -0.2) is 57.1 Å². The molecule has 1 fully saturated rings. The second kappa shape index (κ2) is 41.0. The molecule has 0 bridgehead atoms. The van der Waals surface area contributed by atoms with Crippen molar-refractivity contribution in [3.8, 4) is 28.7 Å². The van der Waals surface area contributed by atoms with E-state index in [4.69, 9.17) is 54.6 Å². The molecule has 1 saturated carbocycles. The molecular formula is C112H76F26O12. The molecule has 15 aromatic carbocycles. The van der Waals surface area contributed by atoms with Crippen molar-refractivity contribution < 1.29 is 169 Å². The minimum atomic E-state index is -4.85. The first kappa shape index (κ1) is 105. The van der Waals surface area contributed by atoms with Gasteiger partial charge in [-0.15, -0.1) is 0 Å². The lowest BCUT2D eigenvalue weighted by Gasteiger charge is -2.33. The first-order chi connectivity index (χ1) is 71.2. The average Bonchev–Trinajstić information content (AvgIpc) is 1.58. The number of ether oxygens (including phenoxy) is 5. The van der Waals surface area contributed by atoms with Crippen molar-refractivity contribution in [3.63, 3.8) is 0 Å². The second-order valence-corrected chi connectivity index (χ2v) is 35.3.